The summed E-state index contributed by atoms with van der Waals surface area (Å²) in [7, 11) is 1.89. The van der Waals surface area contributed by atoms with Crippen LogP contribution in [0.4, 0.5) is 0 Å². The number of ether oxygens (including phenoxy) is 1. The van der Waals surface area contributed by atoms with Crippen LogP contribution in [-0.2, 0) is 11.8 Å². The topological polar surface area (TPSA) is 64.4 Å². The zero-order chi connectivity index (χ0) is 17.1. The van der Waals surface area contributed by atoms with Crippen molar-refractivity contribution in [2.75, 3.05) is 13.2 Å². The molecular formula is C18H21N3O3. The van der Waals surface area contributed by atoms with Gasteiger partial charge in [0, 0.05) is 30.9 Å². The summed E-state index contributed by atoms with van der Waals surface area (Å²) in [4.78, 5) is 25.2. The van der Waals surface area contributed by atoms with E-state index in [9.17, 15) is 9.59 Å². The molecule has 24 heavy (non-hydrogen) atoms. The van der Waals surface area contributed by atoms with Gasteiger partial charge in [0.2, 0.25) is 0 Å². The summed E-state index contributed by atoms with van der Waals surface area (Å²) in [5.41, 5.74) is 2.60. The first-order valence-electron chi connectivity index (χ1n) is 8.06. The van der Waals surface area contributed by atoms with Crippen molar-refractivity contribution in [3.05, 3.63) is 47.3 Å². The Balaban J connectivity index is 1.67. The fourth-order valence-electron chi connectivity index (χ4n) is 3.24. The second kappa shape index (κ2) is 6.86. The Hall–Kier alpha value is -2.63. The van der Waals surface area contributed by atoms with Gasteiger partial charge in [-0.1, -0.05) is 12.1 Å². The summed E-state index contributed by atoms with van der Waals surface area (Å²) in [6.45, 7) is 2.67. The van der Waals surface area contributed by atoms with E-state index in [1.165, 1.54) is 0 Å². The molecule has 0 bridgehead atoms. The van der Waals surface area contributed by atoms with Gasteiger partial charge in [-0.15, -0.1) is 0 Å². The maximum Gasteiger partial charge on any atom is 0.261 e. The van der Waals surface area contributed by atoms with Crippen molar-refractivity contribution in [1.82, 2.24) is 14.7 Å². The number of rotatable bonds is 5. The minimum Gasteiger partial charge on any atom is -0.484 e. The number of aldehydes is 1. The smallest absolute Gasteiger partial charge is 0.261 e. The number of amides is 1. The number of benzene rings is 1. The predicted octanol–water partition coefficient (Wildman–Crippen LogP) is 2.28. The fourth-order valence-corrected chi connectivity index (χ4v) is 3.24. The number of nitrogens with zero attached hydrogens (tertiary/aromatic N) is 3. The van der Waals surface area contributed by atoms with E-state index in [0.29, 0.717) is 11.3 Å². The summed E-state index contributed by atoms with van der Waals surface area (Å²) in [6.07, 6.45) is 4.67. The van der Waals surface area contributed by atoms with Crippen LogP contribution in [0.3, 0.4) is 0 Å². The van der Waals surface area contributed by atoms with Crippen LogP contribution < -0.4 is 4.74 Å². The first-order valence-corrected chi connectivity index (χ1v) is 8.06. The van der Waals surface area contributed by atoms with Gasteiger partial charge in [0.1, 0.15) is 12.0 Å². The maximum atomic E-state index is 12.6. The molecular weight excluding hydrogens is 306 g/mol. The summed E-state index contributed by atoms with van der Waals surface area (Å²) in [5.74, 6) is 0.485. The average Bonchev–Trinajstić information content (AvgIpc) is 3.18. The number of hydrogen-bond donors (Lipinski definition) is 0. The monoisotopic (exact) mass is 327 g/mol. The molecule has 1 aromatic carbocycles. The molecule has 3 rings (SSSR count). The van der Waals surface area contributed by atoms with Crippen LogP contribution in [0, 0.1) is 6.92 Å². The largest absolute Gasteiger partial charge is 0.484 e. The lowest BCUT2D eigenvalue weighted by molar-refractivity contribution is -0.134. The van der Waals surface area contributed by atoms with Gasteiger partial charge in [-0.3, -0.25) is 14.3 Å². The Bertz CT molecular complexity index is 754. The molecule has 126 valence electrons. The van der Waals surface area contributed by atoms with Gasteiger partial charge >= 0.3 is 0 Å². The van der Waals surface area contributed by atoms with Gasteiger partial charge in [0.25, 0.3) is 5.91 Å². The lowest BCUT2D eigenvalue weighted by Crippen LogP contribution is -2.34. The molecule has 2 heterocycles. The van der Waals surface area contributed by atoms with Crippen molar-refractivity contribution in [2.45, 2.75) is 25.8 Å². The standard InChI is InChI=1S/C18H21N3O3/c1-13-16(10-20(2)19-13)17-7-4-8-21(17)18(23)12-24-15-6-3-5-14(9-15)11-22/h3,5-6,9-11,17H,4,7-8,12H2,1-2H3. The Morgan fingerprint density at radius 2 is 2.29 bits per heavy atom. The third-order valence-corrected chi connectivity index (χ3v) is 4.34. The molecule has 1 saturated heterocycles. The van der Waals surface area contributed by atoms with Crippen LogP contribution in [0.25, 0.3) is 0 Å². The molecule has 1 aliphatic rings. The predicted molar refractivity (Wildman–Crippen MR) is 89.0 cm³/mol. The van der Waals surface area contributed by atoms with E-state index in [2.05, 4.69) is 5.10 Å². The molecule has 1 fully saturated rings. The van der Waals surface area contributed by atoms with Gasteiger partial charge in [-0.05, 0) is 31.9 Å². The zero-order valence-electron chi connectivity index (χ0n) is 13.9. The van der Waals surface area contributed by atoms with E-state index < -0.39 is 0 Å². The minimum atomic E-state index is -0.0442. The first-order chi connectivity index (χ1) is 11.6. The normalized spacial score (nSPS) is 17.1. The van der Waals surface area contributed by atoms with Crippen LogP contribution in [-0.4, -0.2) is 40.0 Å². The van der Waals surface area contributed by atoms with Gasteiger partial charge in [-0.25, -0.2) is 0 Å². The minimum absolute atomic E-state index is 0.0296. The van der Waals surface area contributed by atoms with Crippen molar-refractivity contribution in [1.29, 1.82) is 0 Å². The quantitative estimate of drug-likeness (QED) is 0.790. The summed E-state index contributed by atoms with van der Waals surface area (Å²) in [5, 5.41) is 4.38. The van der Waals surface area contributed by atoms with Crippen LogP contribution in [0.5, 0.6) is 5.75 Å². The molecule has 0 aliphatic carbocycles. The molecule has 1 aliphatic heterocycles. The van der Waals surface area contributed by atoms with E-state index in [0.717, 1.165) is 36.9 Å². The highest BCUT2D eigenvalue weighted by Crippen LogP contribution is 2.33. The van der Waals surface area contributed by atoms with Crippen LogP contribution in [0.1, 0.15) is 40.5 Å². The molecule has 1 unspecified atom stereocenters. The summed E-state index contributed by atoms with van der Waals surface area (Å²) < 4.78 is 7.36. The fraction of sp³-hybridized carbons (Fsp3) is 0.389. The third kappa shape index (κ3) is 3.32. The number of likely N-dealkylation sites (tertiary alicyclic amines) is 1. The van der Waals surface area contributed by atoms with Gasteiger partial charge < -0.3 is 9.64 Å². The number of hydrogen-bond acceptors (Lipinski definition) is 4. The molecule has 6 heteroatoms. The molecule has 2 aromatic rings. The maximum absolute atomic E-state index is 12.6. The summed E-state index contributed by atoms with van der Waals surface area (Å²) >= 11 is 0. The van der Waals surface area contributed by atoms with Crippen molar-refractivity contribution < 1.29 is 14.3 Å². The molecule has 1 amide bonds. The lowest BCUT2D eigenvalue weighted by atomic mass is 10.1. The third-order valence-electron chi connectivity index (χ3n) is 4.34. The van der Waals surface area contributed by atoms with E-state index >= 15 is 0 Å². The Kier molecular flexibility index (Phi) is 4.64. The number of aromatic nitrogens is 2. The molecule has 0 spiro atoms. The number of carbonyl (C=O) groups excluding carboxylic acids is 2. The number of aryl methyl sites for hydroxylation is 2. The highest BCUT2D eigenvalue weighted by atomic mass is 16.5. The number of carbonyl (C=O) groups is 2. The van der Waals surface area contributed by atoms with Crippen molar-refractivity contribution in [3.63, 3.8) is 0 Å². The van der Waals surface area contributed by atoms with Crippen molar-refractivity contribution >= 4 is 12.2 Å². The zero-order valence-corrected chi connectivity index (χ0v) is 13.9. The summed E-state index contributed by atoms with van der Waals surface area (Å²) in [6, 6.07) is 6.88. The lowest BCUT2D eigenvalue weighted by Gasteiger charge is -2.24. The van der Waals surface area contributed by atoms with Crippen molar-refractivity contribution in [2.24, 2.45) is 7.05 Å². The van der Waals surface area contributed by atoms with Crippen LogP contribution >= 0.6 is 0 Å². The molecule has 0 radical (unpaired) electrons. The van der Waals surface area contributed by atoms with Crippen molar-refractivity contribution in [3.8, 4) is 5.75 Å². The van der Waals surface area contributed by atoms with Crippen LogP contribution in [0.2, 0.25) is 0 Å². The molecule has 1 aromatic heterocycles. The molecule has 0 N–H and O–H groups in total. The van der Waals surface area contributed by atoms with Gasteiger partial charge in [0.05, 0.1) is 11.7 Å². The van der Waals surface area contributed by atoms with Gasteiger partial charge in [0.15, 0.2) is 6.61 Å². The first kappa shape index (κ1) is 16.2. The molecule has 0 saturated carbocycles. The van der Waals surface area contributed by atoms with E-state index in [1.807, 2.05) is 25.1 Å². The average molecular weight is 327 g/mol. The molecule has 1 atom stereocenters. The van der Waals surface area contributed by atoms with E-state index in [1.54, 1.807) is 28.9 Å². The highest BCUT2D eigenvalue weighted by molar-refractivity contribution is 5.79. The SMILES string of the molecule is Cc1nn(C)cc1C1CCCN1C(=O)COc1cccc(C=O)c1. The van der Waals surface area contributed by atoms with Crippen LogP contribution in [0.15, 0.2) is 30.5 Å². The van der Waals surface area contributed by atoms with Gasteiger partial charge in [-0.2, -0.15) is 5.10 Å². The second-order valence-electron chi connectivity index (χ2n) is 6.07. The highest BCUT2D eigenvalue weighted by Gasteiger charge is 2.32. The van der Waals surface area contributed by atoms with E-state index in [-0.39, 0.29) is 18.6 Å². The second-order valence-corrected chi connectivity index (χ2v) is 6.07. The molecule has 6 nitrogen and oxygen atoms in total. The Morgan fingerprint density at radius 1 is 1.46 bits per heavy atom. The van der Waals surface area contributed by atoms with E-state index in [4.69, 9.17) is 4.74 Å². The Morgan fingerprint density at radius 3 is 3.00 bits per heavy atom. The Labute approximate surface area is 141 Å².